The lowest BCUT2D eigenvalue weighted by atomic mass is 9.80. The number of rotatable bonds is 3. The number of benzene rings is 1. The van der Waals surface area contributed by atoms with E-state index in [0.29, 0.717) is 23.1 Å². The summed E-state index contributed by atoms with van der Waals surface area (Å²) in [7, 11) is 0. The van der Waals surface area contributed by atoms with Crippen LogP contribution in [0.25, 0.3) is 0 Å². The Hall–Kier alpha value is -1.52. The Kier molecular flexibility index (Phi) is 5.11. The van der Waals surface area contributed by atoms with E-state index in [0.717, 1.165) is 18.4 Å². The zero-order valence-corrected chi connectivity index (χ0v) is 17.7. The van der Waals surface area contributed by atoms with Crippen LogP contribution in [0.3, 0.4) is 0 Å². The Morgan fingerprint density at radius 2 is 1.93 bits per heavy atom. The van der Waals surface area contributed by atoms with Gasteiger partial charge < -0.3 is 9.64 Å². The van der Waals surface area contributed by atoms with Crippen molar-refractivity contribution in [1.82, 2.24) is 4.90 Å². The molecule has 6 heteroatoms. The Balaban J connectivity index is 1.91. The molecule has 0 bridgehead atoms. The maximum Gasteiger partial charge on any atom is 0.410 e. The molecule has 27 heavy (non-hydrogen) atoms. The van der Waals surface area contributed by atoms with Gasteiger partial charge in [0.25, 0.3) is 0 Å². The first-order chi connectivity index (χ1) is 12.5. The van der Waals surface area contributed by atoms with Gasteiger partial charge in [-0.05, 0) is 64.3 Å². The second-order valence-corrected chi connectivity index (χ2v) is 9.45. The molecule has 4 nitrogen and oxygen atoms in total. The standard InChI is InChI=1S/C21H25Cl2NO3/c1-14(25)7-8-20-12-21(20,15-5-6-16(22)17(23)11-15)9-10-24(13-20)18(26)27-19(2,3)4/h5-8,11H,9-10,12-13H2,1-4H3/b8-7+. The molecule has 2 fully saturated rings. The zero-order chi connectivity index (χ0) is 20.0. The SMILES string of the molecule is CC(=O)/C=C/C12CN(C(=O)OC(C)(C)C)CCC1(c1ccc(Cl)c(Cl)c1)C2. The average Bonchev–Trinajstić information content (AvgIpc) is 3.24. The van der Waals surface area contributed by atoms with Crippen LogP contribution in [0.1, 0.15) is 46.1 Å². The molecule has 2 unspecified atom stereocenters. The lowest BCUT2D eigenvalue weighted by Gasteiger charge is -2.37. The lowest BCUT2D eigenvalue weighted by Crippen LogP contribution is -2.46. The molecule has 0 spiro atoms. The number of likely N-dealkylation sites (tertiary alicyclic amines) is 1. The maximum absolute atomic E-state index is 12.6. The van der Waals surface area contributed by atoms with Gasteiger partial charge in [0, 0.05) is 23.9 Å². The molecule has 1 aliphatic heterocycles. The van der Waals surface area contributed by atoms with Gasteiger partial charge in [0.15, 0.2) is 5.78 Å². The summed E-state index contributed by atoms with van der Waals surface area (Å²) in [6, 6.07) is 5.73. The number of ketones is 1. The van der Waals surface area contributed by atoms with E-state index >= 15 is 0 Å². The number of halogens is 2. The van der Waals surface area contributed by atoms with Crippen LogP contribution in [0.15, 0.2) is 30.4 Å². The fourth-order valence-corrected chi connectivity index (χ4v) is 4.44. The number of nitrogens with zero attached hydrogens (tertiary/aromatic N) is 1. The highest BCUT2D eigenvalue weighted by Crippen LogP contribution is 2.70. The fraction of sp³-hybridized carbons (Fsp3) is 0.524. The van der Waals surface area contributed by atoms with Crippen LogP contribution in [-0.4, -0.2) is 35.5 Å². The number of hydrogen-bond donors (Lipinski definition) is 0. The molecular weight excluding hydrogens is 385 g/mol. The van der Waals surface area contributed by atoms with E-state index in [-0.39, 0.29) is 22.7 Å². The van der Waals surface area contributed by atoms with Crippen molar-refractivity contribution in [2.75, 3.05) is 13.1 Å². The maximum atomic E-state index is 12.6. The first-order valence-electron chi connectivity index (χ1n) is 9.11. The first-order valence-corrected chi connectivity index (χ1v) is 9.87. The zero-order valence-electron chi connectivity index (χ0n) is 16.1. The van der Waals surface area contributed by atoms with Crippen molar-refractivity contribution in [1.29, 1.82) is 0 Å². The van der Waals surface area contributed by atoms with Crippen molar-refractivity contribution in [3.05, 3.63) is 46.0 Å². The van der Waals surface area contributed by atoms with E-state index in [1.165, 1.54) is 6.92 Å². The van der Waals surface area contributed by atoms with Gasteiger partial charge >= 0.3 is 6.09 Å². The van der Waals surface area contributed by atoms with Gasteiger partial charge in [-0.25, -0.2) is 4.79 Å². The number of carbonyl (C=O) groups excluding carboxylic acids is 2. The Labute approximate surface area is 170 Å². The number of hydrogen-bond acceptors (Lipinski definition) is 3. The van der Waals surface area contributed by atoms with E-state index in [9.17, 15) is 9.59 Å². The molecule has 1 aliphatic carbocycles. The van der Waals surface area contributed by atoms with E-state index in [1.807, 2.05) is 45.0 Å². The monoisotopic (exact) mass is 409 g/mol. The molecule has 1 amide bonds. The van der Waals surface area contributed by atoms with Crippen LogP contribution in [0.4, 0.5) is 4.79 Å². The molecule has 0 radical (unpaired) electrons. The van der Waals surface area contributed by atoms with Crippen LogP contribution in [0, 0.1) is 5.41 Å². The Bertz CT molecular complexity index is 814. The molecule has 1 aromatic carbocycles. The summed E-state index contributed by atoms with van der Waals surface area (Å²) >= 11 is 12.3. The minimum atomic E-state index is -0.540. The molecule has 0 N–H and O–H groups in total. The number of amides is 1. The molecule has 3 rings (SSSR count). The van der Waals surface area contributed by atoms with E-state index in [2.05, 4.69) is 0 Å². The number of allylic oxidation sites excluding steroid dienone is 1. The summed E-state index contributed by atoms with van der Waals surface area (Å²) in [4.78, 5) is 25.9. The first kappa shape index (κ1) is 20.2. The summed E-state index contributed by atoms with van der Waals surface area (Å²) in [5.74, 6) is -0.00583. The van der Waals surface area contributed by atoms with Gasteiger partial charge in [-0.3, -0.25) is 4.79 Å². The highest BCUT2D eigenvalue weighted by molar-refractivity contribution is 6.42. The van der Waals surface area contributed by atoms with Crippen LogP contribution >= 0.6 is 23.2 Å². The predicted molar refractivity (Wildman–Crippen MR) is 107 cm³/mol. The molecular formula is C21H25Cl2NO3. The highest BCUT2D eigenvalue weighted by atomic mass is 35.5. The highest BCUT2D eigenvalue weighted by Gasteiger charge is 2.69. The predicted octanol–water partition coefficient (Wildman–Crippen LogP) is 5.41. The van der Waals surface area contributed by atoms with E-state index in [4.69, 9.17) is 27.9 Å². The fourth-order valence-electron chi connectivity index (χ4n) is 4.14. The topological polar surface area (TPSA) is 46.6 Å². The number of piperidine rings is 1. The van der Waals surface area contributed by atoms with Gasteiger partial charge in [0.05, 0.1) is 10.0 Å². The number of carbonyl (C=O) groups is 2. The van der Waals surface area contributed by atoms with Crippen molar-refractivity contribution >= 4 is 35.1 Å². The second-order valence-electron chi connectivity index (χ2n) is 8.64. The Morgan fingerprint density at radius 3 is 2.52 bits per heavy atom. The number of ether oxygens (including phenoxy) is 1. The lowest BCUT2D eigenvalue weighted by molar-refractivity contribution is -0.112. The summed E-state index contributed by atoms with van der Waals surface area (Å²) in [6.45, 7) is 8.23. The molecule has 0 aromatic heterocycles. The van der Waals surface area contributed by atoms with Gasteiger partial charge in [-0.15, -0.1) is 0 Å². The van der Waals surface area contributed by atoms with Crippen molar-refractivity contribution < 1.29 is 14.3 Å². The van der Waals surface area contributed by atoms with Crippen molar-refractivity contribution in [2.45, 2.75) is 51.6 Å². The summed E-state index contributed by atoms with van der Waals surface area (Å²) in [6.07, 6.45) is 4.91. The van der Waals surface area contributed by atoms with Gasteiger partial charge in [0.2, 0.25) is 0 Å². The summed E-state index contributed by atoms with van der Waals surface area (Å²) in [5.41, 5.74) is 0.145. The smallest absolute Gasteiger partial charge is 0.410 e. The van der Waals surface area contributed by atoms with Gasteiger partial charge in [-0.1, -0.05) is 35.3 Å². The second kappa shape index (κ2) is 6.82. The normalized spacial score (nSPS) is 27.4. The minimum absolute atomic E-state index is 0.00583. The third kappa shape index (κ3) is 3.88. The Morgan fingerprint density at radius 1 is 1.22 bits per heavy atom. The van der Waals surface area contributed by atoms with Gasteiger partial charge in [0.1, 0.15) is 5.60 Å². The van der Waals surface area contributed by atoms with Crippen LogP contribution < -0.4 is 0 Å². The van der Waals surface area contributed by atoms with Crippen molar-refractivity contribution in [2.24, 2.45) is 5.41 Å². The van der Waals surface area contributed by atoms with Crippen LogP contribution in [0.2, 0.25) is 10.0 Å². The average molecular weight is 410 g/mol. The van der Waals surface area contributed by atoms with E-state index < -0.39 is 5.60 Å². The summed E-state index contributed by atoms with van der Waals surface area (Å²) < 4.78 is 5.55. The third-order valence-corrected chi connectivity index (χ3v) is 6.23. The van der Waals surface area contributed by atoms with Gasteiger partial charge in [-0.2, -0.15) is 0 Å². The van der Waals surface area contributed by atoms with E-state index in [1.54, 1.807) is 11.0 Å². The van der Waals surface area contributed by atoms with Crippen LogP contribution in [-0.2, 0) is 14.9 Å². The molecule has 1 saturated heterocycles. The molecule has 2 aliphatic rings. The van der Waals surface area contributed by atoms with Crippen molar-refractivity contribution in [3.63, 3.8) is 0 Å². The molecule has 1 heterocycles. The van der Waals surface area contributed by atoms with Crippen LogP contribution in [0.5, 0.6) is 0 Å². The molecule has 1 aromatic rings. The quantitative estimate of drug-likeness (QED) is 0.627. The molecule has 2 atom stereocenters. The molecule has 1 saturated carbocycles. The summed E-state index contributed by atoms with van der Waals surface area (Å²) in [5, 5.41) is 1.04. The third-order valence-electron chi connectivity index (χ3n) is 5.49. The molecule has 146 valence electrons. The van der Waals surface area contributed by atoms with Crippen molar-refractivity contribution in [3.8, 4) is 0 Å². The minimum Gasteiger partial charge on any atom is -0.444 e. The largest absolute Gasteiger partial charge is 0.444 e. The number of fused-ring (bicyclic) bond motifs is 1.